The first-order chi connectivity index (χ1) is 15.1. The lowest BCUT2D eigenvalue weighted by Gasteiger charge is -2.37. The molecule has 1 N–H and O–H groups in total. The molecular weight excluding hydrogens is 390 g/mol. The molecule has 0 unspecified atom stereocenters. The Balaban J connectivity index is 1.43. The van der Waals surface area contributed by atoms with Crippen LogP contribution in [0.15, 0.2) is 65.2 Å². The monoisotopic (exact) mass is 419 g/mol. The highest BCUT2D eigenvalue weighted by atomic mass is 16.5. The zero-order valence-electron chi connectivity index (χ0n) is 18.1. The number of rotatable bonds is 7. The van der Waals surface area contributed by atoms with E-state index < -0.39 is 0 Å². The first-order valence-electron chi connectivity index (χ1n) is 10.8. The molecule has 0 saturated carbocycles. The van der Waals surface area contributed by atoms with Gasteiger partial charge >= 0.3 is 0 Å². The molecular formula is C25H29N3O3. The van der Waals surface area contributed by atoms with E-state index in [4.69, 9.17) is 9.26 Å². The number of carbonyl (C=O) groups excluding carboxylic acids is 1. The van der Waals surface area contributed by atoms with Gasteiger partial charge in [0, 0.05) is 18.2 Å². The Morgan fingerprint density at radius 1 is 1.16 bits per heavy atom. The van der Waals surface area contributed by atoms with Crippen molar-refractivity contribution in [2.75, 3.05) is 26.7 Å². The third-order valence-electron chi connectivity index (χ3n) is 6.02. The minimum atomic E-state index is -0.227. The zero-order chi connectivity index (χ0) is 21.6. The Morgan fingerprint density at radius 3 is 2.55 bits per heavy atom. The molecule has 6 heteroatoms. The summed E-state index contributed by atoms with van der Waals surface area (Å²) in [7, 11) is 1.62. The molecule has 1 atom stereocenters. The van der Waals surface area contributed by atoms with Crippen molar-refractivity contribution in [1.82, 2.24) is 15.4 Å². The van der Waals surface area contributed by atoms with E-state index in [0.29, 0.717) is 12.3 Å². The number of nitrogens with one attached hydrogen (secondary N) is 1. The Hall–Kier alpha value is -3.12. The largest absolute Gasteiger partial charge is 0.497 e. The van der Waals surface area contributed by atoms with E-state index in [2.05, 4.69) is 46.6 Å². The van der Waals surface area contributed by atoms with Crippen molar-refractivity contribution in [1.29, 1.82) is 0 Å². The lowest BCUT2D eigenvalue weighted by atomic mass is 9.95. The number of aromatic nitrogens is 1. The van der Waals surface area contributed by atoms with Crippen LogP contribution in [0.1, 0.15) is 41.9 Å². The van der Waals surface area contributed by atoms with Crippen LogP contribution in [0.2, 0.25) is 0 Å². The van der Waals surface area contributed by atoms with Crippen LogP contribution >= 0.6 is 0 Å². The molecule has 1 aliphatic rings. The number of amides is 1. The predicted octanol–water partition coefficient (Wildman–Crippen LogP) is 4.55. The molecule has 0 spiro atoms. The van der Waals surface area contributed by atoms with E-state index in [1.54, 1.807) is 13.2 Å². The summed E-state index contributed by atoms with van der Waals surface area (Å²) in [5.41, 5.74) is 2.35. The molecule has 1 amide bonds. The van der Waals surface area contributed by atoms with Gasteiger partial charge in [0.2, 0.25) is 0 Å². The van der Waals surface area contributed by atoms with Gasteiger partial charge in [0.05, 0.1) is 13.2 Å². The van der Waals surface area contributed by atoms with Gasteiger partial charge in [0.1, 0.15) is 5.75 Å². The van der Waals surface area contributed by atoms with Crippen molar-refractivity contribution in [3.8, 4) is 17.1 Å². The minimum absolute atomic E-state index is 0.144. The van der Waals surface area contributed by atoms with E-state index in [9.17, 15) is 4.79 Å². The number of piperidine rings is 1. The van der Waals surface area contributed by atoms with Crippen molar-refractivity contribution >= 4 is 5.91 Å². The highest BCUT2D eigenvalue weighted by Gasteiger charge is 2.25. The average Bonchev–Trinajstić information content (AvgIpc) is 3.31. The van der Waals surface area contributed by atoms with Crippen LogP contribution in [0.4, 0.5) is 0 Å². The first kappa shape index (κ1) is 21.1. The lowest BCUT2D eigenvalue weighted by Crippen LogP contribution is -2.42. The van der Waals surface area contributed by atoms with Crippen LogP contribution in [0, 0.1) is 5.92 Å². The molecule has 0 bridgehead atoms. The Bertz CT molecular complexity index is 977. The highest BCUT2D eigenvalue weighted by Crippen LogP contribution is 2.27. The van der Waals surface area contributed by atoms with E-state index in [0.717, 1.165) is 30.3 Å². The summed E-state index contributed by atoms with van der Waals surface area (Å²) in [4.78, 5) is 15.3. The molecule has 162 valence electrons. The fourth-order valence-electron chi connectivity index (χ4n) is 4.03. The van der Waals surface area contributed by atoms with Gasteiger partial charge in [0.25, 0.3) is 5.91 Å². The van der Waals surface area contributed by atoms with Crippen molar-refractivity contribution in [2.45, 2.75) is 25.8 Å². The third kappa shape index (κ3) is 5.14. The van der Waals surface area contributed by atoms with Crippen LogP contribution < -0.4 is 10.1 Å². The number of nitrogens with zero attached hydrogens (tertiary/aromatic N) is 2. The maximum Gasteiger partial charge on any atom is 0.273 e. The SMILES string of the molecule is COc1ccc(-c2cc(C(=O)NC[C@@H](c3ccccc3)N3CCC(C)CC3)no2)cc1. The molecule has 0 radical (unpaired) electrons. The van der Waals surface area contributed by atoms with Crippen molar-refractivity contribution in [2.24, 2.45) is 5.92 Å². The summed E-state index contributed by atoms with van der Waals surface area (Å²) in [5, 5.41) is 7.04. The van der Waals surface area contributed by atoms with Gasteiger partial charge in [-0.25, -0.2) is 0 Å². The van der Waals surface area contributed by atoms with E-state index in [1.807, 2.05) is 30.3 Å². The van der Waals surface area contributed by atoms with Gasteiger partial charge in [-0.3, -0.25) is 9.69 Å². The Kier molecular flexibility index (Phi) is 6.67. The molecule has 1 saturated heterocycles. The lowest BCUT2D eigenvalue weighted by molar-refractivity contribution is 0.0904. The van der Waals surface area contributed by atoms with Gasteiger partial charge in [-0.15, -0.1) is 0 Å². The highest BCUT2D eigenvalue weighted by molar-refractivity contribution is 5.93. The average molecular weight is 420 g/mol. The fraction of sp³-hybridized carbons (Fsp3) is 0.360. The predicted molar refractivity (Wildman–Crippen MR) is 120 cm³/mol. The van der Waals surface area contributed by atoms with Crippen LogP contribution in [0.3, 0.4) is 0 Å². The summed E-state index contributed by atoms with van der Waals surface area (Å²) in [5.74, 6) is 1.85. The second kappa shape index (κ2) is 9.79. The number of hydrogen-bond acceptors (Lipinski definition) is 5. The number of carbonyl (C=O) groups is 1. The normalized spacial score (nSPS) is 16.1. The minimum Gasteiger partial charge on any atom is -0.497 e. The summed E-state index contributed by atoms with van der Waals surface area (Å²) in [6.45, 7) is 4.92. The van der Waals surface area contributed by atoms with Gasteiger partial charge in [-0.05, 0) is 61.7 Å². The number of ether oxygens (including phenoxy) is 1. The molecule has 1 aromatic heterocycles. The second-order valence-electron chi connectivity index (χ2n) is 8.16. The van der Waals surface area contributed by atoms with E-state index in [-0.39, 0.29) is 17.6 Å². The van der Waals surface area contributed by atoms with Gasteiger partial charge in [-0.2, -0.15) is 0 Å². The van der Waals surface area contributed by atoms with Gasteiger partial charge in [-0.1, -0.05) is 42.4 Å². The third-order valence-corrected chi connectivity index (χ3v) is 6.02. The van der Waals surface area contributed by atoms with Crippen LogP contribution in [-0.2, 0) is 0 Å². The molecule has 6 nitrogen and oxygen atoms in total. The van der Waals surface area contributed by atoms with Crippen molar-refractivity contribution in [3.63, 3.8) is 0 Å². The first-order valence-corrected chi connectivity index (χ1v) is 10.8. The van der Waals surface area contributed by atoms with Crippen LogP contribution in [0.25, 0.3) is 11.3 Å². The second-order valence-corrected chi connectivity index (χ2v) is 8.16. The summed E-state index contributed by atoms with van der Waals surface area (Å²) < 4.78 is 10.6. The topological polar surface area (TPSA) is 67.6 Å². The van der Waals surface area contributed by atoms with E-state index in [1.165, 1.54) is 18.4 Å². The fourth-order valence-corrected chi connectivity index (χ4v) is 4.03. The van der Waals surface area contributed by atoms with Gasteiger partial charge in [0.15, 0.2) is 11.5 Å². The molecule has 0 aliphatic carbocycles. The van der Waals surface area contributed by atoms with E-state index >= 15 is 0 Å². The number of hydrogen-bond donors (Lipinski definition) is 1. The summed E-state index contributed by atoms with van der Waals surface area (Å²) in [6.07, 6.45) is 2.37. The molecule has 2 aromatic carbocycles. The Morgan fingerprint density at radius 2 is 1.87 bits per heavy atom. The number of benzene rings is 2. The summed E-state index contributed by atoms with van der Waals surface area (Å²) in [6, 6.07) is 19.7. The number of likely N-dealkylation sites (tertiary alicyclic amines) is 1. The number of methoxy groups -OCH3 is 1. The molecule has 4 rings (SSSR count). The smallest absolute Gasteiger partial charge is 0.273 e. The van der Waals surface area contributed by atoms with Crippen LogP contribution in [-0.4, -0.2) is 42.7 Å². The maximum absolute atomic E-state index is 12.8. The Labute approximate surface area is 183 Å². The maximum atomic E-state index is 12.8. The summed E-state index contributed by atoms with van der Waals surface area (Å²) >= 11 is 0. The molecule has 2 heterocycles. The van der Waals surface area contributed by atoms with Gasteiger partial charge < -0.3 is 14.6 Å². The molecule has 1 fully saturated rings. The van der Waals surface area contributed by atoms with Crippen molar-refractivity contribution < 1.29 is 14.1 Å². The molecule has 31 heavy (non-hydrogen) atoms. The quantitative estimate of drug-likeness (QED) is 0.608. The molecule has 1 aliphatic heterocycles. The molecule has 3 aromatic rings. The standard InChI is InChI=1S/C25H29N3O3/c1-18-12-14-28(15-13-18)23(19-6-4-3-5-7-19)17-26-25(29)22-16-24(31-27-22)20-8-10-21(30-2)11-9-20/h3-11,16,18,23H,12-15,17H2,1-2H3,(H,26,29)/t23-/m0/s1. The van der Waals surface area contributed by atoms with Crippen LogP contribution in [0.5, 0.6) is 5.75 Å². The zero-order valence-corrected chi connectivity index (χ0v) is 18.1. The van der Waals surface area contributed by atoms with Crippen molar-refractivity contribution in [3.05, 3.63) is 71.9 Å².